The van der Waals surface area contributed by atoms with Crippen molar-refractivity contribution in [3.63, 3.8) is 0 Å². The number of rotatable bonds is 4. The van der Waals surface area contributed by atoms with Crippen LogP contribution in [0.15, 0.2) is 0 Å². The second-order valence-corrected chi connectivity index (χ2v) is 6.16. The van der Waals surface area contributed by atoms with E-state index in [9.17, 15) is 4.79 Å². The molecule has 0 radical (unpaired) electrons. The number of carbonyl (C=O) groups excluding carboxylic acids is 1. The lowest BCUT2D eigenvalue weighted by molar-refractivity contribution is -0.138. The third-order valence-electron chi connectivity index (χ3n) is 4.48. The monoisotopic (exact) mass is 253 g/mol. The van der Waals surface area contributed by atoms with Gasteiger partial charge in [0.05, 0.1) is 5.92 Å². The van der Waals surface area contributed by atoms with Gasteiger partial charge in [0.15, 0.2) is 0 Å². The van der Waals surface area contributed by atoms with Gasteiger partial charge in [-0.3, -0.25) is 4.79 Å². The number of nitrogens with one attached hydrogen (secondary N) is 1. The molecule has 0 bridgehead atoms. The average molecular weight is 253 g/mol. The molecule has 2 heterocycles. The molecule has 1 N–H and O–H groups in total. The van der Waals surface area contributed by atoms with Gasteiger partial charge in [0, 0.05) is 38.8 Å². The highest BCUT2D eigenvalue weighted by Crippen LogP contribution is 2.21. The second kappa shape index (κ2) is 6.02. The predicted molar refractivity (Wildman–Crippen MR) is 73.4 cm³/mol. The molecule has 0 saturated carbocycles. The Morgan fingerprint density at radius 1 is 1.33 bits per heavy atom. The van der Waals surface area contributed by atoms with Gasteiger partial charge in [0.1, 0.15) is 0 Å². The molecule has 2 aliphatic heterocycles. The second-order valence-electron chi connectivity index (χ2n) is 6.16. The topological polar surface area (TPSA) is 35.6 Å². The fourth-order valence-corrected chi connectivity index (χ4v) is 2.68. The van der Waals surface area contributed by atoms with Crippen LogP contribution in [-0.2, 0) is 4.79 Å². The first-order valence-electron chi connectivity index (χ1n) is 7.27. The third-order valence-corrected chi connectivity index (χ3v) is 4.48. The summed E-state index contributed by atoms with van der Waals surface area (Å²) in [7, 11) is 2.20. The number of hydrogen-bond acceptors (Lipinski definition) is 3. The maximum atomic E-state index is 12.1. The van der Waals surface area contributed by atoms with Crippen LogP contribution in [0, 0.1) is 11.8 Å². The first-order chi connectivity index (χ1) is 8.58. The molecule has 2 rings (SSSR count). The molecule has 104 valence electrons. The molecule has 4 heteroatoms. The Balaban J connectivity index is 1.72. The van der Waals surface area contributed by atoms with Crippen molar-refractivity contribution in [2.45, 2.75) is 32.7 Å². The van der Waals surface area contributed by atoms with Crippen molar-refractivity contribution < 1.29 is 4.79 Å². The Kier molecular flexibility index (Phi) is 4.62. The quantitative estimate of drug-likeness (QED) is 0.804. The summed E-state index contributed by atoms with van der Waals surface area (Å²) in [6, 6.07) is 0.616. The van der Waals surface area contributed by atoms with Gasteiger partial charge in [0.25, 0.3) is 0 Å². The van der Waals surface area contributed by atoms with Crippen molar-refractivity contribution in [3.05, 3.63) is 0 Å². The van der Waals surface area contributed by atoms with Crippen LogP contribution < -0.4 is 5.32 Å². The van der Waals surface area contributed by atoms with E-state index in [0.717, 1.165) is 32.1 Å². The molecule has 0 aromatic heterocycles. The van der Waals surface area contributed by atoms with Crippen molar-refractivity contribution in [2.24, 2.45) is 11.8 Å². The molecule has 0 aromatic carbocycles. The summed E-state index contributed by atoms with van der Waals surface area (Å²) >= 11 is 0. The van der Waals surface area contributed by atoms with Gasteiger partial charge in [-0.05, 0) is 39.7 Å². The van der Waals surface area contributed by atoms with E-state index in [1.807, 2.05) is 0 Å². The van der Waals surface area contributed by atoms with Gasteiger partial charge < -0.3 is 15.1 Å². The summed E-state index contributed by atoms with van der Waals surface area (Å²) in [6.45, 7) is 9.34. The molecule has 4 nitrogen and oxygen atoms in total. The molecule has 0 aromatic rings. The Morgan fingerprint density at radius 2 is 1.94 bits per heavy atom. The summed E-state index contributed by atoms with van der Waals surface area (Å²) in [5.74, 6) is 1.41. The largest absolute Gasteiger partial charge is 0.342 e. The minimum Gasteiger partial charge on any atom is -0.342 e. The number of amides is 1. The van der Waals surface area contributed by atoms with Gasteiger partial charge in [-0.25, -0.2) is 0 Å². The summed E-state index contributed by atoms with van der Waals surface area (Å²) in [5.41, 5.74) is 0. The van der Waals surface area contributed by atoms with Gasteiger partial charge in [0.2, 0.25) is 5.91 Å². The fraction of sp³-hybridized carbons (Fsp3) is 0.929. The molecule has 0 aliphatic carbocycles. The Labute approximate surface area is 111 Å². The molecular formula is C14H27N3O. The van der Waals surface area contributed by atoms with Gasteiger partial charge in [-0.2, -0.15) is 0 Å². The van der Waals surface area contributed by atoms with Crippen molar-refractivity contribution in [3.8, 4) is 0 Å². The number of nitrogens with zero attached hydrogens (tertiary/aromatic N) is 2. The van der Waals surface area contributed by atoms with E-state index in [-0.39, 0.29) is 5.92 Å². The predicted octanol–water partition coefficient (Wildman–Crippen LogP) is 0.785. The minimum absolute atomic E-state index is 0.264. The zero-order valence-corrected chi connectivity index (χ0v) is 12.0. The van der Waals surface area contributed by atoms with E-state index in [0.29, 0.717) is 11.9 Å². The van der Waals surface area contributed by atoms with Gasteiger partial charge >= 0.3 is 0 Å². The summed E-state index contributed by atoms with van der Waals surface area (Å²) in [6.07, 6.45) is 2.34. The van der Waals surface area contributed by atoms with Crippen molar-refractivity contribution >= 4 is 5.91 Å². The minimum atomic E-state index is 0.264. The van der Waals surface area contributed by atoms with E-state index in [4.69, 9.17) is 0 Å². The number of piperidine rings is 1. The van der Waals surface area contributed by atoms with Crippen LogP contribution in [-0.4, -0.2) is 61.5 Å². The Bertz CT molecular complexity index is 281. The fourth-order valence-electron chi connectivity index (χ4n) is 2.68. The zero-order chi connectivity index (χ0) is 13.1. The molecule has 18 heavy (non-hydrogen) atoms. The molecule has 2 fully saturated rings. The smallest absolute Gasteiger partial charge is 0.228 e. The maximum Gasteiger partial charge on any atom is 0.228 e. The van der Waals surface area contributed by atoms with Crippen LogP contribution >= 0.6 is 0 Å². The van der Waals surface area contributed by atoms with Crippen LogP contribution in [0.2, 0.25) is 0 Å². The highest BCUT2D eigenvalue weighted by molar-refractivity contribution is 5.80. The maximum absolute atomic E-state index is 12.1. The van der Waals surface area contributed by atoms with Gasteiger partial charge in [-0.1, -0.05) is 0 Å². The number of carbonyl (C=O) groups is 1. The van der Waals surface area contributed by atoms with Gasteiger partial charge in [-0.15, -0.1) is 0 Å². The Hall–Kier alpha value is -0.610. The Morgan fingerprint density at radius 3 is 2.39 bits per heavy atom. The van der Waals surface area contributed by atoms with E-state index in [1.54, 1.807) is 0 Å². The lowest BCUT2D eigenvalue weighted by Crippen LogP contribution is -2.53. The highest BCUT2D eigenvalue weighted by Gasteiger charge is 2.31. The molecule has 1 amide bonds. The highest BCUT2D eigenvalue weighted by atomic mass is 16.2. The number of likely N-dealkylation sites (tertiary alicyclic amines) is 1. The molecule has 2 saturated heterocycles. The van der Waals surface area contributed by atoms with E-state index in [2.05, 4.69) is 36.0 Å². The first kappa shape index (κ1) is 13.8. The summed E-state index contributed by atoms with van der Waals surface area (Å²) in [5, 5.41) is 3.17. The van der Waals surface area contributed by atoms with Crippen LogP contribution in [0.4, 0.5) is 0 Å². The van der Waals surface area contributed by atoms with Crippen molar-refractivity contribution in [1.29, 1.82) is 0 Å². The standard InChI is InChI=1S/C14H27N3O/c1-11(2)16(3)10-12-4-6-17(7-5-12)14(18)13-8-15-9-13/h11-13,15H,4-10H2,1-3H3. The lowest BCUT2D eigenvalue weighted by Gasteiger charge is -2.38. The lowest BCUT2D eigenvalue weighted by atomic mass is 9.93. The molecule has 0 spiro atoms. The van der Waals surface area contributed by atoms with E-state index < -0.39 is 0 Å². The van der Waals surface area contributed by atoms with Crippen molar-refractivity contribution in [2.75, 3.05) is 39.8 Å². The normalized spacial score (nSPS) is 22.6. The van der Waals surface area contributed by atoms with E-state index in [1.165, 1.54) is 19.4 Å². The van der Waals surface area contributed by atoms with Crippen molar-refractivity contribution in [1.82, 2.24) is 15.1 Å². The van der Waals surface area contributed by atoms with Crippen LogP contribution in [0.25, 0.3) is 0 Å². The number of hydrogen-bond donors (Lipinski definition) is 1. The van der Waals surface area contributed by atoms with Crippen LogP contribution in [0.5, 0.6) is 0 Å². The molecule has 2 aliphatic rings. The third kappa shape index (κ3) is 3.23. The van der Waals surface area contributed by atoms with Crippen LogP contribution in [0.3, 0.4) is 0 Å². The molecular weight excluding hydrogens is 226 g/mol. The molecule has 0 unspecified atom stereocenters. The van der Waals surface area contributed by atoms with E-state index >= 15 is 0 Å². The summed E-state index contributed by atoms with van der Waals surface area (Å²) < 4.78 is 0. The average Bonchev–Trinajstić information content (AvgIpc) is 2.27. The first-order valence-corrected chi connectivity index (χ1v) is 7.27. The SMILES string of the molecule is CC(C)N(C)CC1CCN(C(=O)C2CNC2)CC1. The van der Waals surface area contributed by atoms with Crippen LogP contribution in [0.1, 0.15) is 26.7 Å². The molecule has 0 atom stereocenters. The zero-order valence-electron chi connectivity index (χ0n) is 12.0. The summed E-state index contributed by atoms with van der Waals surface area (Å²) in [4.78, 5) is 16.6.